The summed E-state index contributed by atoms with van der Waals surface area (Å²) in [6.07, 6.45) is 14.9. The molecule has 0 fully saturated rings. The van der Waals surface area contributed by atoms with Crippen molar-refractivity contribution in [1.29, 1.82) is 0 Å². The van der Waals surface area contributed by atoms with Gasteiger partial charge in [0.05, 0.1) is 23.3 Å². The molecule has 2 aliphatic rings. The fraction of sp³-hybridized carbons (Fsp3) is 0.253. The topological polar surface area (TPSA) is 106 Å². The third-order valence-electron chi connectivity index (χ3n) is 15.4. The normalized spacial score (nSPS) is 11.0. The SMILES string of the molecule is CCCCc1ccc(-c2cccc3c4nc5nc(nc6[n-]c(nc7nc(nc([n-]4)c23)-c2ccccc2-7)c2ccccc62)-c2ccccc2-5)cc1.CCCCc1ccc(C)cc1.CCCCc1ccc(C)cc1.CCCCc1ccc(C)cc1.[Zn+2]. The zero-order valence-electron chi connectivity index (χ0n) is 50.2. The molecule has 8 bridgehead atoms. The minimum atomic E-state index is 0. The molecule has 9 heteroatoms. The number of hydrogen-bond acceptors (Lipinski definition) is 6. The Labute approximate surface area is 509 Å². The van der Waals surface area contributed by atoms with E-state index >= 15 is 0 Å². The molecule has 418 valence electrons. The minimum absolute atomic E-state index is 0. The Balaban J connectivity index is 0.000000201. The van der Waals surface area contributed by atoms with Crippen LogP contribution >= 0.6 is 0 Å². The molecule has 84 heavy (non-hydrogen) atoms. The first-order chi connectivity index (χ1) is 40.7. The van der Waals surface area contributed by atoms with Crippen molar-refractivity contribution in [3.63, 3.8) is 0 Å². The van der Waals surface area contributed by atoms with Crippen LogP contribution in [0.1, 0.15) is 118 Å². The average Bonchev–Trinajstić information content (AvgIpc) is 3.26. The number of benzene rings is 8. The largest absolute Gasteiger partial charge is 2.00 e. The van der Waals surface area contributed by atoms with Gasteiger partial charge < -0.3 is 29.9 Å². The van der Waals surface area contributed by atoms with E-state index in [2.05, 4.69) is 164 Å². The molecule has 3 aromatic heterocycles. The van der Waals surface area contributed by atoms with Crippen molar-refractivity contribution in [3.05, 3.63) is 227 Å². The molecule has 8 aromatic carbocycles. The van der Waals surface area contributed by atoms with Gasteiger partial charge in [-0.2, -0.15) is 0 Å². The van der Waals surface area contributed by atoms with Crippen molar-refractivity contribution in [3.8, 4) is 56.7 Å². The second kappa shape index (κ2) is 29.3. The third-order valence-corrected chi connectivity index (χ3v) is 15.4. The van der Waals surface area contributed by atoms with Crippen LogP contribution in [-0.4, -0.2) is 29.9 Å². The number of aryl methyl sites for hydroxylation is 7. The summed E-state index contributed by atoms with van der Waals surface area (Å²) in [5, 5.41) is 3.58. The molecule has 13 rings (SSSR count). The van der Waals surface area contributed by atoms with E-state index < -0.39 is 0 Å². The summed E-state index contributed by atoms with van der Waals surface area (Å²) in [6.45, 7) is 15.3. The summed E-state index contributed by atoms with van der Waals surface area (Å²) in [4.78, 5) is 40.4. The van der Waals surface area contributed by atoms with Crippen LogP contribution in [0, 0.1) is 20.8 Å². The van der Waals surface area contributed by atoms with Crippen molar-refractivity contribution in [2.45, 2.75) is 126 Å². The first kappa shape index (κ1) is 60.3. The van der Waals surface area contributed by atoms with Gasteiger partial charge in [0.25, 0.3) is 0 Å². The number of nitrogens with zero attached hydrogens (tertiary/aromatic N) is 8. The Morgan fingerprint density at radius 2 is 0.571 bits per heavy atom. The van der Waals surface area contributed by atoms with Gasteiger partial charge in [0.15, 0.2) is 0 Å². The molecule has 0 amide bonds. The third kappa shape index (κ3) is 14.7. The van der Waals surface area contributed by atoms with Gasteiger partial charge in [0.2, 0.25) is 0 Å². The fourth-order valence-corrected chi connectivity index (χ4v) is 10.4. The van der Waals surface area contributed by atoms with Crippen molar-refractivity contribution < 1.29 is 19.5 Å². The molecule has 5 heterocycles. The zero-order chi connectivity index (χ0) is 57.5. The molecule has 0 spiro atoms. The van der Waals surface area contributed by atoms with Gasteiger partial charge in [-0.1, -0.05) is 258 Å². The number of aromatic nitrogens is 8. The minimum Gasteiger partial charge on any atom is -0.357 e. The van der Waals surface area contributed by atoms with Crippen molar-refractivity contribution in [2.24, 2.45) is 0 Å². The van der Waals surface area contributed by atoms with Crippen LogP contribution in [-0.2, 0) is 45.2 Å². The summed E-state index contributed by atoms with van der Waals surface area (Å²) in [5.41, 5.74) is 17.7. The fourth-order valence-electron chi connectivity index (χ4n) is 10.4. The molecule has 0 aliphatic carbocycles. The van der Waals surface area contributed by atoms with Gasteiger partial charge in [0, 0.05) is 50.2 Å². The standard InChI is InChI=1S/C42H28N8.3C11H16.Zn/c1-2-3-11-24-20-22-25(23-21-24)26-18-10-19-33-34(26)42-49-40-32-17-9-8-16-31(32)38(47-40)45-36-28-13-5-4-12-27(28)35(43-36)44-37-29-14-6-7-15-30(29)39(46-37)48-41(33)50-42;3*1-3-4-5-11-8-6-10(2)7-9-11;/h4-10,12-23H,2-3,11H2,1H3;3*6-9H,3-5H2,1-2H3;/q-2;;;;+2. The van der Waals surface area contributed by atoms with Gasteiger partial charge in [-0.3, -0.25) is 0 Å². The Bertz CT molecular complexity index is 3980. The van der Waals surface area contributed by atoms with E-state index in [0.29, 0.717) is 45.9 Å². The maximum absolute atomic E-state index is 5.19. The molecule has 11 aromatic rings. The Hall–Kier alpha value is -8.26. The number of rotatable bonds is 13. The van der Waals surface area contributed by atoms with E-state index in [1.165, 1.54) is 110 Å². The van der Waals surface area contributed by atoms with Crippen LogP contribution in [0.15, 0.2) is 188 Å². The van der Waals surface area contributed by atoms with Crippen LogP contribution in [0.25, 0.3) is 101 Å². The van der Waals surface area contributed by atoms with Crippen LogP contribution in [0.2, 0.25) is 0 Å². The quantitative estimate of drug-likeness (QED) is 0.105. The smallest absolute Gasteiger partial charge is 0.357 e. The van der Waals surface area contributed by atoms with Crippen molar-refractivity contribution in [2.75, 3.05) is 0 Å². The first-order valence-corrected chi connectivity index (χ1v) is 30.1. The van der Waals surface area contributed by atoms with Gasteiger partial charge in [0.1, 0.15) is 0 Å². The summed E-state index contributed by atoms with van der Waals surface area (Å²) < 4.78 is 0. The molecular formula is C75H76N8Zn. The van der Waals surface area contributed by atoms with E-state index in [-0.39, 0.29) is 19.5 Å². The monoisotopic (exact) mass is 1150 g/mol. The Morgan fingerprint density at radius 1 is 0.286 bits per heavy atom. The molecule has 0 unspecified atom stereocenters. The maximum Gasteiger partial charge on any atom is 2.00 e. The molecule has 8 nitrogen and oxygen atoms in total. The summed E-state index contributed by atoms with van der Waals surface area (Å²) in [6, 6.07) is 65.6. The molecule has 2 aliphatic heterocycles. The molecule has 0 radical (unpaired) electrons. The van der Waals surface area contributed by atoms with Gasteiger partial charge in [-0.05, 0) is 122 Å². The van der Waals surface area contributed by atoms with Crippen LogP contribution in [0.5, 0.6) is 0 Å². The van der Waals surface area contributed by atoms with Gasteiger partial charge >= 0.3 is 19.5 Å². The molecule has 0 N–H and O–H groups in total. The number of hydrogen-bond donors (Lipinski definition) is 0. The molecule has 0 saturated heterocycles. The van der Waals surface area contributed by atoms with E-state index in [0.717, 1.165) is 61.3 Å². The average molecular weight is 1150 g/mol. The Kier molecular flexibility index (Phi) is 21.1. The van der Waals surface area contributed by atoms with E-state index in [1.807, 2.05) is 72.8 Å². The number of fused-ring (bicyclic) bond motifs is 20. The van der Waals surface area contributed by atoms with E-state index in [9.17, 15) is 0 Å². The molecule has 0 saturated carbocycles. The maximum atomic E-state index is 5.19. The predicted octanol–water partition coefficient (Wildman–Crippen LogP) is 19.1. The second-order valence-corrected chi connectivity index (χ2v) is 21.9. The molecule has 0 atom stereocenters. The van der Waals surface area contributed by atoms with Crippen molar-refractivity contribution in [1.82, 2.24) is 39.9 Å². The second-order valence-electron chi connectivity index (χ2n) is 21.9. The van der Waals surface area contributed by atoms with Crippen LogP contribution < -0.4 is 9.97 Å². The van der Waals surface area contributed by atoms with Gasteiger partial charge in [-0.15, -0.1) is 0 Å². The predicted molar refractivity (Wildman–Crippen MR) is 347 cm³/mol. The number of unbranched alkanes of at least 4 members (excludes halogenated alkanes) is 4. The van der Waals surface area contributed by atoms with Gasteiger partial charge in [-0.25, -0.2) is 9.97 Å². The summed E-state index contributed by atoms with van der Waals surface area (Å²) >= 11 is 0. The van der Waals surface area contributed by atoms with Crippen molar-refractivity contribution >= 4 is 44.1 Å². The summed E-state index contributed by atoms with van der Waals surface area (Å²) in [5.74, 6) is 2.18. The zero-order valence-corrected chi connectivity index (χ0v) is 53.1. The van der Waals surface area contributed by atoms with E-state index in [4.69, 9.17) is 39.9 Å². The summed E-state index contributed by atoms with van der Waals surface area (Å²) in [7, 11) is 0. The van der Waals surface area contributed by atoms with Crippen LogP contribution in [0.4, 0.5) is 0 Å². The van der Waals surface area contributed by atoms with E-state index in [1.54, 1.807) is 0 Å². The first-order valence-electron chi connectivity index (χ1n) is 30.1. The molecular weight excluding hydrogens is 1080 g/mol. The van der Waals surface area contributed by atoms with Crippen LogP contribution in [0.3, 0.4) is 0 Å². The Morgan fingerprint density at radius 3 is 0.929 bits per heavy atom.